The summed E-state index contributed by atoms with van der Waals surface area (Å²) in [7, 11) is 0. The first kappa shape index (κ1) is 17.4. The smallest absolute Gasteiger partial charge is 0.355 e. The molecule has 0 unspecified atom stereocenters. The molecule has 0 bridgehead atoms. The van der Waals surface area contributed by atoms with Crippen LogP contribution in [0, 0.1) is 5.82 Å². The quantitative estimate of drug-likeness (QED) is 0.456. The third kappa shape index (κ3) is 3.88. The zero-order valence-corrected chi connectivity index (χ0v) is 14.5. The standard InChI is InChI=1S/C19H15FN6O2/c20-12-5-7-13(8-6-12)22-19-25-16(24-18(21)26-19)10-28-17(27)15-9-11-3-1-2-4-14(11)23-15/h1-9,23H,10H2,(H3,21,22,24,25,26). The van der Waals surface area contributed by atoms with E-state index in [-0.39, 0.29) is 30.1 Å². The molecule has 4 N–H and O–H groups in total. The summed E-state index contributed by atoms with van der Waals surface area (Å²) in [6, 6.07) is 14.9. The van der Waals surface area contributed by atoms with E-state index in [4.69, 9.17) is 10.5 Å². The number of nitrogens with two attached hydrogens (primary N) is 1. The van der Waals surface area contributed by atoms with Gasteiger partial charge in [-0.3, -0.25) is 0 Å². The number of hydrogen-bond acceptors (Lipinski definition) is 7. The largest absolute Gasteiger partial charge is 0.453 e. The zero-order chi connectivity index (χ0) is 19.5. The van der Waals surface area contributed by atoms with E-state index < -0.39 is 5.97 Å². The molecule has 28 heavy (non-hydrogen) atoms. The van der Waals surface area contributed by atoms with Crippen molar-refractivity contribution in [1.29, 1.82) is 0 Å². The van der Waals surface area contributed by atoms with E-state index in [1.165, 1.54) is 24.3 Å². The highest BCUT2D eigenvalue weighted by atomic mass is 19.1. The number of carbonyl (C=O) groups is 1. The highest BCUT2D eigenvalue weighted by molar-refractivity contribution is 5.94. The molecule has 0 aliphatic rings. The lowest BCUT2D eigenvalue weighted by atomic mass is 10.2. The van der Waals surface area contributed by atoms with Gasteiger partial charge < -0.3 is 20.8 Å². The number of H-pyrrole nitrogens is 1. The summed E-state index contributed by atoms with van der Waals surface area (Å²) >= 11 is 0. The van der Waals surface area contributed by atoms with Gasteiger partial charge in [0.05, 0.1) is 0 Å². The number of para-hydroxylation sites is 1. The van der Waals surface area contributed by atoms with Crippen molar-refractivity contribution in [2.75, 3.05) is 11.1 Å². The Labute approximate surface area is 158 Å². The summed E-state index contributed by atoms with van der Waals surface area (Å²) in [5.74, 6) is -0.581. The SMILES string of the molecule is Nc1nc(COC(=O)c2cc3ccccc3[nH]2)nc(Nc2ccc(F)cc2)n1. The first-order chi connectivity index (χ1) is 13.6. The van der Waals surface area contributed by atoms with E-state index in [9.17, 15) is 9.18 Å². The molecule has 9 heteroatoms. The molecule has 0 spiro atoms. The number of rotatable bonds is 5. The van der Waals surface area contributed by atoms with Gasteiger partial charge in [-0.05, 0) is 36.4 Å². The van der Waals surface area contributed by atoms with E-state index in [0.29, 0.717) is 11.4 Å². The van der Waals surface area contributed by atoms with Gasteiger partial charge in [0.1, 0.15) is 11.5 Å². The molecule has 4 aromatic rings. The van der Waals surface area contributed by atoms with Gasteiger partial charge in [-0.1, -0.05) is 18.2 Å². The Balaban J connectivity index is 1.46. The monoisotopic (exact) mass is 378 g/mol. The van der Waals surface area contributed by atoms with Crippen LogP contribution < -0.4 is 11.1 Å². The Morgan fingerprint density at radius 2 is 1.89 bits per heavy atom. The van der Waals surface area contributed by atoms with Crippen LogP contribution in [0.15, 0.2) is 54.6 Å². The van der Waals surface area contributed by atoms with Crippen molar-refractivity contribution in [3.05, 3.63) is 71.9 Å². The van der Waals surface area contributed by atoms with Crippen molar-refractivity contribution in [3.8, 4) is 0 Å². The number of anilines is 3. The number of nitrogens with one attached hydrogen (secondary N) is 2. The van der Waals surface area contributed by atoms with Gasteiger partial charge in [0.25, 0.3) is 0 Å². The molecular formula is C19H15FN6O2. The summed E-state index contributed by atoms with van der Waals surface area (Å²) in [6.07, 6.45) is 0. The van der Waals surface area contributed by atoms with Crippen LogP contribution in [0.4, 0.5) is 22.0 Å². The lowest BCUT2D eigenvalue weighted by molar-refractivity contribution is 0.0456. The van der Waals surface area contributed by atoms with E-state index >= 15 is 0 Å². The number of aromatic nitrogens is 4. The number of ether oxygens (including phenoxy) is 1. The van der Waals surface area contributed by atoms with Crippen molar-refractivity contribution in [2.24, 2.45) is 0 Å². The number of hydrogen-bond donors (Lipinski definition) is 3. The number of benzene rings is 2. The first-order valence-corrected chi connectivity index (χ1v) is 8.35. The topological polar surface area (TPSA) is 119 Å². The van der Waals surface area contributed by atoms with Gasteiger partial charge in [0.15, 0.2) is 12.4 Å². The summed E-state index contributed by atoms with van der Waals surface area (Å²) in [4.78, 5) is 27.4. The maximum atomic E-state index is 13.0. The van der Waals surface area contributed by atoms with Crippen molar-refractivity contribution < 1.29 is 13.9 Å². The molecule has 0 saturated heterocycles. The maximum Gasteiger partial charge on any atom is 0.355 e. The third-order valence-corrected chi connectivity index (χ3v) is 3.88. The molecule has 2 heterocycles. The van der Waals surface area contributed by atoms with E-state index in [1.807, 2.05) is 24.3 Å². The van der Waals surface area contributed by atoms with Crippen molar-refractivity contribution >= 4 is 34.5 Å². The van der Waals surface area contributed by atoms with Gasteiger partial charge in [-0.2, -0.15) is 15.0 Å². The lowest BCUT2D eigenvalue weighted by Gasteiger charge is -2.07. The lowest BCUT2D eigenvalue weighted by Crippen LogP contribution is -2.11. The molecule has 0 aliphatic heterocycles. The van der Waals surface area contributed by atoms with Gasteiger partial charge in [0, 0.05) is 16.6 Å². The Morgan fingerprint density at radius 1 is 1.11 bits per heavy atom. The zero-order valence-electron chi connectivity index (χ0n) is 14.5. The predicted octanol–water partition coefficient (Wildman–Crippen LogP) is 3.17. The number of nitrogen functional groups attached to an aromatic ring is 1. The normalized spacial score (nSPS) is 10.8. The molecule has 8 nitrogen and oxygen atoms in total. The van der Waals surface area contributed by atoms with Crippen molar-refractivity contribution in [3.63, 3.8) is 0 Å². The second-order valence-electron chi connectivity index (χ2n) is 5.91. The first-order valence-electron chi connectivity index (χ1n) is 8.35. The Kier molecular flexibility index (Phi) is 4.55. The van der Waals surface area contributed by atoms with E-state index in [1.54, 1.807) is 6.07 Å². The summed E-state index contributed by atoms with van der Waals surface area (Å²) in [5, 5.41) is 3.80. The molecule has 0 aliphatic carbocycles. The fourth-order valence-corrected chi connectivity index (χ4v) is 2.61. The fraction of sp³-hybridized carbons (Fsp3) is 0.0526. The number of fused-ring (bicyclic) bond motifs is 1. The third-order valence-electron chi connectivity index (χ3n) is 3.88. The highest BCUT2D eigenvalue weighted by Crippen LogP contribution is 2.17. The molecule has 0 atom stereocenters. The van der Waals surface area contributed by atoms with E-state index in [0.717, 1.165) is 10.9 Å². The average Bonchev–Trinajstić information content (AvgIpc) is 3.12. The molecule has 2 aromatic heterocycles. The minimum Gasteiger partial charge on any atom is -0.453 e. The summed E-state index contributed by atoms with van der Waals surface area (Å²) < 4.78 is 18.3. The molecule has 0 saturated carbocycles. The maximum absolute atomic E-state index is 13.0. The minimum absolute atomic E-state index is 0.0312. The molecule has 0 amide bonds. The second kappa shape index (κ2) is 7.31. The summed E-state index contributed by atoms with van der Waals surface area (Å²) in [6.45, 7) is -0.182. The van der Waals surface area contributed by atoms with Gasteiger partial charge in [0.2, 0.25) is 11.9 Å². The average molecular weight is 378 g/mol. The van der Waals surface area contributed by atoms with Crippen molar-refractivity contribution in [2.45, 2.75) is 6.61 Å². The van der Waals surface area contributed by atoms with E-state index in [2.05, 4.69) is 25.3 Å². The van der Waals surface area contributed by atoms with Crippen LogP contribution in [0.3, 0.4) is 0 Å². The Bertz CT molecular complexity index is 1110. The van der Waals surface area contributed by atoms with Crippen LogP contribution in [0.25, 0.3) is 10.9 Å². The Hall–Kier alpha value is -4.01. The molecule has 140 valence electrons. The van der Waals surface area contributed by atoms with Gasteiger partial charge in [-0.25, -0.2) is 9.18 Å². The number of carbonyl (C=O) groups excluding carboxylic acids is 1. The number of halogens is 1. The second-order valence-corrected chi connectivity index (χ2v) is 5.91. The number of nitrogens with zero attached hydrogens (tertiary/aromatic N) is 3. The minimum atomic E-state index is -0.539. The summed E-state index contributed by atoms with van der Waals surface area (Å²) in [5.41, 5.74) is 7.44. The van der Waals surface area contributed by atoms with Crippen LogP contribution in [-0.2, 0) is 11.3 Å². The number of aromatic amines is 1. The molecule has 0 radical (unpaired) electrons. The molecule has 4 rings (SSSR count). The van der Waals surface area contributed by atoms with Gasteiger partial charge in [-0.15, -0.1) is 0 Å². The molecule has 2 aromatic carbocycles. The van der Waals surface area contributed by atoms with Crippen LogP contribution in [0.5, 0.6) is 0 Å². The fourth-order valence-electron chi connectivity index (χ4n) is 2.61. The van der Waals surface area contributed by atoms with Crippen LogP contribution in [0.1, 0.15) is 16.3 Å². The highest BCUT2D eigenvalue weighted by Gasteiger charge is 2.13. The van der Waals surface area contributed by atoms with Crippen LogP contribution in [0.2, 0.25) is 0 Å². The number of esters is 1. The van der Waals surface area contributed by atoms with Crippen LogP contribution >= 0.6 is 0 Å². The Morgan fingerprint density at radius 3 is 2.68 bits per heavy atom. The molecule has 0 fully saturated rings. The molecular weight excluding hydrogens is 363 g/mol. The predicted molar refractivity (Wildman–Crippen MR) is 101 cm³/mol. The van der Waals surface area contributed by atoms with Crippen molar-refractivity contribution in [1.82, 2.24) is 19.9 Å². The van der Waals surface area contributed by atoms with Crippen LogP contribution in [-0.4, -0.2) is 25.9 Å². The van der Waals surface area contributed by atoms with Gasteiger partial charge >= 0.3 is 5.97 Å².